The molecule has 0 bridgehead atoms. The summed E-state index contributed by atoms with van der Waals surface area (Å²) in [6.07, 6.45) is 4.52. The van der Waals surface area contributed by atoms with Gasteiger partial charge in [-0.05, 0) is 6.92 Å². The summed E-state index contributed by atoms with van der Waals surface area (Å²) in [6.45, 7) is 2.06. The molecule has 0 unspecified atom stereocenters. The van der Waals surface area contributed by atoms with Crippen LogP contribution >= 0.6 is 0 Å². The van der Waals surface area contributed by atoms with Crippen molar-refractivity contribution in [1.29, 1.82) is 0 Å². The van der Waals surface area contributed by atoms with Gasteiger partial charge in [0.05, 0.1) is 12.8 Å². The van der Waals surface area contributed by atoms with Gasteiger partial charge in [-0.15, -0.1) is 10.2 Å². The highest BCUT2D eigenvalue weighted by Gasteiger charge is 2.13. The molecule has 0 aliphatic heterocycles. The number of hydrogen-bond donors (Lipinski definition) is 0. The third-order valence-electron chi connectivity index (χ3n) is 1.85. The summed E-state index contributed by atoms with van der Waals surface area (Å²) >= 11 is 0. The molecule has 7 heteroatoms. The Morgan fingerprint density at radius 2 is 2.29 bits per heavy atom. The molecule has 88 valence electrons. The van der Waals surface area contributed by atoms with Gasteiger partial charge in [-0.3, -0.25) is 9.78 Å². The quantitative estimate of drug-likeness (QED) is 0.716. The molecule has 0 N–H and O–H groups in total. The number of esters is 1. The van der Waals surface area contributed by atoms with Crippen LogP contribution in [0.15, 0.2) is 23.0 Å². The minimum absolute atomic E-state index is 0.0406. The van der Waals surface area contributed by atoms with E-state index in [2.05, 4.69) is 20.2 Å². The lowest BCUT2D eigenvalue weighted by molar-refractivity contribution is -0.142. The van der Waals surface area contributed by atoms with Crippen molar-refractivity contribution in [3.63, 3.8) is 0 Å². The average Bonchev–Trinajstić information content (AvgIpc) is 2.79. The van der Waals surface area contributed by atoms with E-state index in [0.717, 1.165) is 0 Å². The first-order valence-corrected chi connectivity index (χ1v) is 5.04. The third kappa shape index (κ3) is 2.83. The summed E-state index contributed by atoms with van der Waals surface area (Å²) in [6, 6.07) is 0. The fourth-order valence-corrected chi connectivity index (χ4v) is 1.17. The number of carbonyl (C=O) groups is 1. The summed E-state index contributed by atoms with van der Waals surface area (Å²) in [4.78, 5) is 19.1. The second-order valence-corrected chi connectivity index (χ2v) is 3.07. The van der Waals surface area contributed by atoms with Crippen molar-refractivity contribution < 1.29 is 13.9 Å². The summed E-state index contributed by atoms with van der Waals surface area (Å²) in [5.74, 6) is 0.0309. The van der Waals surface area contributed by atoms with E-state index in [1.54, 1.807) is 13.1 Å². The van der Waals surface area contributed by atoms with Crippen LogP contribution in [0.2, 0.25) is 0 Å². The second-order valence-electron chi connectivity index (χ2n) is 3.07. The molecule has 0 atom stereocenters. The van der Waals surface area contributed by atoms with Crippen LogP contribution in [0.4, 0.5) is 0 Å². The van der Waals surface area contributed by atoms with Crippen molar-refractivity contribution in [1.82, 2.24) is 20.2 Å². The SMILES string of the molecule is CCOC(=O)Cc1nnc(-c2cnccn2)o1. The molecule has 0 aromatic carbocycles. The molecule has 0 aliphatic rings. The van der Waals surface area contributed by atoms with Crippen molar-refractivity contribution in [2.24, 2.45) is 0 Å². The van der Waals surface area contributed by atoms with Crippen LogP contribution in [0.25, 0.3) is 11.6 Å². The van der Waals surface area contributed by atoms with Gasteiger partial charge in [-0.1, -0.05) is 0 Å². The fraction of sp³-hybridized carbons (Fsp3) is 0.300. The summed E-state index contributed by atoms with van der Waals surface area (Å²) in [7, 11) is 0. The van der Waals surface area contributed by atoms with Crippen LogP contribution in [-0.2, 0) is 16.0 Å². The molecule has 0 spiro atoms. The Labute approximate surface area is 96.9 Å². The number of hydrogen-bond acceptors (Lipinski definition) is 7. The van der Waals surface area contributed by atoms with Gasteiger partial charge in [-0.25, -0.2) is 4.98 Å². The minimum Gasteiger partial charge on any atom is -0.466 e. The highest BCUT2D eigenvalue weighted by Crippen LogP contribution is 2.13. The average molecular weight is 234 g/mol. The maximum Gasteiger partial charge on any atom is 0.315 e. The molecule has 7 nitrogen and oxygen atoms in total. The van der Waals surface area contributed by atoms with E-state index in [0.29, 0.717) is 12.3 Å². The zero-order valence-corrected chi connectivity index (χ0v) is 9.16. The third-order valence-corrected chi connectivity index (χ3v) is 1.85. The fourth-order valence-electron chi connectivity index (χ4n) is 1.17. The number of ether oxygens (including phenoxy) is 1. The highest BCUT2D eigenvalue weighted by atomic mass is 16.5. The van der Waals surface area contributed by atoms with E-state index in [-0.39, 0.29) is 18.2 Å². The highest BCUT2D eigenvalue weighted by molar-refractivity contribution is 5.71. The lowest BCUT2D eigenvalue weighted by Gasteiger charge is -1.96. The van der Waals surface area contributed by atoms with Gasteiger partial charge in [0.15, 0.2) is 0 Å². The zero-order valence-electron chi connectivity index (χ0n) is 9.16. The molecular weight excluding hydrogens is 224 g/mol. The molecule has 0 aliphatic carbocycles. The second kappa shape index (κ2) is 5.15. The number of carbonyl (C=O) groups excluding carboxylic acids is 1. The van der Waals surface area contributed by atoms with Gasteiger partial charge in [0.1, 0.15) is 12.1 Å². The van der Waals surface area contributed by atoms with Crippen molar-refractivity contribution in [2.45, 2.75) is 13.3 Å². The molecule has 0 amide bonds. The minimum atomic E-state index is -0.401. The van der Waals surface area contributed by atoms with Crippen LogP contribution in [0.3, 0.4) is 0 Å². The topological polar surface area (TPSA) is 91.0 Å². The normalized spacial score (nSPS) is 10.2. The van der Waals surface area contributed by atoms with Crippen LogP contribution in [0.1, 0.15) is 12.8 Å². The molecule has 2 heterocycles. The first-order chi connectivity index (χ1) is 8.29. The number of rotatable bonds is 4. The Balaban J connectivity index is 2.09. The predicted molar refractivity (Wildman–Crippen MR) is 55.7 cm³/mol. The molecule has 0 saturated carbocycles. The van der Waals surface area contributed by atoms with E-state index in [1.807, 2.05) is 0 Å². The number of nitrogens with zero attached hydrogens (tertiary/aromatic N) is 4. The lowest BCUT2D eigenvalue weighted by Crippen LogP contribution is -2.07. The maximum absolute atomic E-state index is 11.2. The summed E-state index contributed by atoms with van der Waals surface area (Å²) in [5, 5.41) is 7.50. The summed E-state index contributed by atoms with van der Waals surface area (Å²) < 4.78 is 10.0. The molecule has 2 rings (SSSR count). The van der Waals surface area contributed by atoms with E-state index in [1.165, 1.54) is 12.4 Å². The van der Waals surface area contributed by atoms with E-state index in [9.17, 15) is 4.79 Å². The van der Waals surface area contributed by atoms with E-state index in [4.69, 9.17) is 9.15 Å². The zero-order chi connectivity index (χ0) is 12.1. The van der Waals surface area contributed by atoms with Gasteiger partial charge < -0.3 is 9.15 Å². The first kappa shape index (κ1) is 11.2. The van der Waals surface area contributed by atoms with Gasteiger partial charge >= 0.3 is 5.97 Å². The van der Waals surface area contributed by atoms with Crippen LogP contribution < -0.4 is 0 Å². The molecule has 17 heavy (non-hydrogen) atoms. The standard InChI is InChI=1S/C10H10N4O3/c1-2-16-9(15)5-8-13-14-10(17-8)7-6-11-3-4-12-7/h3-4,6H,2,5H2,1H3. The first-order valence-electron chi connectivity index (χ1n) is 5.04. The lowest BCUT2D eigenvalue weighted by atomic mass is 10.4. The molecule has 2 aromatic rings. The Hall–Kier alpha value is -2.31. The Bertz CT molecular complexity index is 497. The van der Waals surface area contributed by atoms with Crippen molar-refractivity contribution >= 4 is 5.97 Å². The number of aromatic nitrogens is 4. The van der Waals surface area contributed by atoms with Crippen LogP contribution in [0, 0.1) is 0 Å². The Morgan fingerprint density at radius 1 is 1.41 bits per heavy atom. The maximum atomic E-state index is 11.2. The monoisotopic (exact) mass is 234 g/mol. The van der Waals surface area contributed by atoms with Gasteiger partial charge in [0.25, 0.3) is 5.89 Å². The summed E-state index contributed by atoms with van der Waals surface area (Å²) in [5.41, 5.74) is 0.468. The molecule has 2 aromatic heterocycles. The van der Waals surface area contributed by atoms with Crippen molar-refractivity contribution in [3.8, 4) is 11.6 Å². The Morgan fingerprint density at radius 3 is 3.00 bits per heavy atom. The van der Waals surface area contributed by atoms with E-state index < -0.39 is 5.97 Å². The van der Waals surface area contributed by atoms with Gasteiger partial charge in [0.2, 0.25) is 5.89 Å². The smallest absolute Gasteiger partial charge is 0.315 e. The molecule has 0 radical (unpaired) electrons. The molecular formula is C10H10N4O3. The van der Waals surface area contributed by atoms with Gasteiger partial charge in [0, 0.05) is 12.4 Å². The molecule has 0 fully saturated rings. The largest absolute Gasteiger partial charge is 0.466 e. The van der Waals surface area contributed by atoms with Crippen molar-refractivity contribution in [3.05, 3.63) is 24.5 Å². The van der Waals surface area contributed by atoms with E-state index >= 15 is 0 Å². The van der Waals surface area contributed by atoms with Crippen LogP contribution in [-0.4, -0.2) is 32.7 Å². The predicted octanol–water partition coefficient (Wildman–Crippen LogP) is 0.632. The molecule has 0 saturated heterocycles. The van der Waals surface area contributed by atoms with Crippen molar-refractivity contribution in [2.75, 3.05) is 6.61 Å². The van der Waals surface area contributed by atoms with Gasteiger partial charge in [-0.2, -0.15) is 0 Å². The van der Waals surface area contributed by atoms with Crippen LogP contribution in [0.5, 0.6) is 0 Å². The Kier molecular flexibility index (Phi) is 3.39.